The van der Waals surface area contributed by atoms with E-state index in [4.69, 9.17) is 0 Å². The van der Waals surface area contributed by atoms with Crippen molar-refractivity contribution in [2.24, 2.45) is 0 Å². The van der Waals surface area contributed by atoms with Gasteiger partial charge in [0, 0.05) is 22.9 Å². The summed E-state index contributed by atoms with van der Waals surface area (Å²) in [6.07, 6.45) is 5.91. The van der Waals surface area contributed by atoms with Crippen LogP contribution in [-0.4, -0.2) is 18.1 Å². The third kappa shape index (κ3) is 3.44. The Balaban J connectivity index is 2.62. The lowest BCUT2D eigenvalue weighted by Gasteiger charge is -2.13. The van der Waals surface area contributed by atoms with Crippen LogP contribution in [-0.2, 0) is 6.42 Å². The molecule has 1 aromatic heterocycles. The molecule has 1 heterocycles. The first-order valence-electron chi connectivity index (χ1n) is 4.53. The Morgan fingerprint density at radius 3 is 2.85 bits per heavy atom. The van der Waals surface area contributed by atoms with Gasteiger partial charge in [-0.3, -0.25) is 4.98 Å². The Bertz CT molecular complexity index is 259. The third-order valence-electron chi connectivity index (χ3n) is 2.14. The first-order valence-corrected chi connectivity index (χ1v) is 5.32. The van der Waals surface area contributed by atoms with Crippen LogP contribution >= 0.6 is 15.9 Å². The summed E-state index contributed by atoms with van der Waals surface area (Å²) in [5.41, 5.74) is 1.27. The van der Waals surface area contributed by atoms with Crippen molar-refractivity contribution in [2.45, 2.75) is 25.8 Å². The molecule has 1 rings (SSSR count). The molecule has 1 aromatic rings. The monoisotopic (exact) mass is 242 g/mol. The molecule has 0 fully saturated rings. The molecule has 1 N–H and O–H groups in total. The maximum absolute atomic E-state index is 4.13. The number of likely N-dealkylation sites (N-methyl/N-ethyl adjacent to an activating group) is 1. The smallest absolute Gasteiger partial charge is 0.0410 e. The fourth-order valence-corrected chi connectivity index (χ4v) is 1.71. The van der Waals surface area contributed by atoms with Gasteiger partial charge in [0.1, 0.15) is 0 Å². The first-order chi connectivity index (χ1) is 6.26. The van der Waals surface area contributed by atoms with E-state index in [0.29, 0.717) is 6.04 Å². The van der Waals surface area contributed by atoms with Crippen LogP contribution < -0.4 is 5.32 Å². The fourth-order valence-electron chi connectivity index (χ4n) is 1.30. The highest BCUT2D eigenvalue weighted by Crippen LogP contribution is 2.11. The van der Waals surface area contributed by atoms with Gasteiger partial charge in [0.05, 0.1) is 0 Å². The Hall–Kier alpha value is -0.410. The van der Waals surface area contributed by atoms with E-state index in [1.807, 2.05) is 19.4 Å². The highest BCUT2D eigenvalue weighted by molar-refractivity contribution is 9.10. The van der Waals surface area contributed by atoms with Gasteiger partial charge in [-0.1, -0.05) is 6.92 Å². The molecule has 1 unspecified atom stereocenters. The van der Waals surface area contributed by atoms with Gasteiger partial charge in [0.2, 0.25) is 0 Å². The summed E-state index contributed by atoms with van der Waals surface area (Å²) in [4.78, 5) is 4.13. The molecule has 72 valence electrons. The molecular formula is C10H15BrN2. The van der Waals surface area contributed by atoms with Crippen molar-refractivity contribution in [3.8, 4) is 0 Å². The second-order valence-electron chi connectivity index (χ2n) is 3.11. The van der Waals surface area contributed by atoms with Crippen molar-refractivity contribution >= 4 is 15.9 Å². The van der Waals surface area contributed by atoms with Gasteiger partial charge < -0.3 is 5.32 Å². The van der Waals surface area contributed by atoms with Gasteiger partial charge in [-0.05, 0) is 47.4 Å². The predicted octanol–water partition coefficient (Wildman–Crippen LogP) is 2.38. The molecule has 3 heteroatoms. The zero-order valence-electron chi connectivity index (χ0n) is 8.05. The number of hydrogen-bond acceptors (Lipinski definition) is 2. The summed E-state index contributed by atoms with van der Waals surface area (Å²) in [6.45, 7) is 2.19. The molecule has 0 aliphatic heterocycles. The van der Waals surface area contributed by atoms with Crippen molar-refractivity contribution in [1.82, 2.24) is 10.3 Å². The van der Waals surface area contributed by atoms with E-state index >= 15 is 0 Å². The Labute approximate surface area is 87.9 Å². The summed E-state index contributed by atoms with van der Waals surface area (Å²) in [5.74, 6) is 0. The molecule has 1 atom stereocenters. The minimum Gasteiger partial charge on any atom is -0.317 e. The van der Waals surface area contributed by atoms with Gasteiger partial charge in [-0.2, -0.15) is 0 Å². The van der Waals surface area contributed by atoms with Gasteiger partial charge in [0.25, 0.3) is 0 Å². The van der Waals surface area contributed by atoms with Gasteiger partial charge >= 0.3 is 0 Å². The summed E-state index contributed by atoms with van der Waals surface area (Å²) < 4.78 is 1.05. The lowest BCUT2D eigenvalue weighted by Crippen LogP contribution is -2.26. The van der Waals surface area contributed by atoms with E-state index in [1.54, 1.807) is 0 Å². The van der Waals surface area contributed by atoms with Crippen LogP contribution in [0, 0.1) is 0 Å². The number of pyridine rings is 1. The Morgan fingerprint density at radius 1 is 1.54 bits per heavy atom. The molecule has 0 bridgehead atoms. The maximum atomic E-state index is 4.13. The Morgan fingerprint density at radius 2 is 2.31 bits per heavy atom. The minimum absolute atomic E-state index is 0.552. The van der Waals surface area contributed by atoms with Crippen LogP contribution in [0.4, 0.5) is 0 Å². The number of nitrogens with zero attached hydrogens (tertiary/aromatic N) is 1. The van der Waals surface area contributed by atoms with Crippen LogP contribution in [0.1, 0.15) is 18.9 Å². The zero-order chi connectivity index (χ0) is 9.68. The predicted molar refractivity (Wildman–Crippen MR) is 58.8 cm³/mol. The molecule has 0 aliphatic rings. The molecule has 0 saturated carbocycles. The lowest BCUT2D eigenvalue weighted by molar-refractivity contribution is 0.542. The molecule has 0 radical (unpaired) electrons. The van der Waals surface area contributed by atoms with E-state index < -0.39 is 0 Å². The van der Waals surface area contributed by atoms with Crippen LogP contribution in [0.3, 0.4) is 0 Å². The second kappa shape index (κ2) is 5.35. The molecule has 13 heavy (non-hydrogen) atoms. The molecular weight excluding hydrogens is 228 g/mol. The van der Waals surface area contributed by atoms with E-state index in [2.05, 4.69) is 39.2 Å². The fraction of sp³-hybridized carbons (Fsp3) is 0.500. The largest absolute Gasteiger partial charge is 0.317 e. The quantitative estimate of drug-likeness (QED) is 0.878. The Kier molecular flexibility index (Phi) is 4.39. The van der Waals surface area contributed by atoms with Crippen LogP contribution in [0.15, 0.2) is 22.9 Å². The number of aromatic nitrogens is 1. The van der Waals surface area contributed by atoms with Crippen molar-refractivity contribution in [1.29, 1.82) is 0 Å². The second-order valence-corrected chi connectivity index (χ2v) is 4.03. The SMILES string of the molecule is CCC(Cc1cncc(Br)c1)NC. The number of halogens is 1. The van der Waals surface area contributed by atoms with Gasteiger partial charge in [-0.15, -0.1) is 0 Å². The average molecular weight is 243 g/mol. The van der Waals surface area contributed by atoms with Crippen LogP contribution in [0.2, 0.25) is 0 Å². The van der Waals surface area contributed by atoms with E-state index in [9.17, 15) is 0 Å². The molecule has 0 aromatic carbocycles. The van der Waals surface area contributed by atoms with E-state index in [-0.39, 0.29) is 0 Å². The van der Waals surface area contributed by atoms with Crippen molar-refractivity contribution in [2.75, 3.05) is 7.05 Å². The summed E-state index contributed by atoms with van der Waals surface area (Å²) in [7, 11) is 2.00. The summed E-state index contributed by atoms with van der Waals surface area (Å²) >= 11 is 3.41. The first kappa shape index (κ1) is 10.7. The van der Waals surface area contributed by atoms with Crippen molar-refractivity contribution in [3.05, 3.63) is 28.5 Å². The third-order valence-corrected chi connectivity index (χ3v) is 2.58. The maximum Gasteiger partial charge on any atom is 0.0410 e. The highest BCUT2D eigenvalue weighted by Gasteiger charge is 2.04. The lowest BCUT2D eigenvalue weighted by atomic mass is 10.1. The van der Waals surface area contributed by atoms with Crippen LogP contribution in [0.5, 0.6) is 0 Å². The minimum atomic E-state index is 0.552. The molecule has 0 saturated heterocycles. The van der Waals surface area contributed by atoms with Crippen molar-refractivity contribution in [3.63, 3.8) is 0 Å². The summed E-state index contributed by atoms with van der Waals surface area (Å²) in [6, 6.07) is 2.67. The van der Waals surface area contributed by atoms with Crippen molar-refractivity contribution < 1.29 is 0 Å². The van der Waals surface area contributed by atoms with Gasteiger partial charge in [0.15, 0.2) is 0 Å². The highest BCUT2D eigenvalue weighted by atomic mass is 79.9. The zero-order valence-corrected chi connectivity index (χ0v) is 9.63. The summed E-state index contributed by atoms with van der Waals surface area (Å²) in [5, 5.41) is 3.28. The standard InChI is InChI=1S/C10H15BrN2/c1-3-10(12-2)5-8-4-9(11)7-13-6-8/h4,6-7,10,12H,3,5H2,1-2H3. The average Bonchev–Trinajstić information content (AvgIpc) is 2.14. The van der Waals surface area contributed by atoms with E-state index in [0.717, 1.165) is 17.3 Å². The number of nitrogens with one attached hydrogen (secondary N) is 1. The van der Waals surface area contributed by atoms with E-state index in [1.165, 1.54) is 5.56 Å². The molecule has 0 aliphatic carbocycles. The molecule has 2 nitrogen and oxygen atoms in total. The molecule has 0 spiro atoms. The number of hydrogen-bond donors (Lipinski definition) is 1. The normalized spacial score (nSPS) is 12.8. The molecule has 0 amide bonds. The van der Waals surface area contributed by atoms with Crippen LogP contribution in [0.25, 0.3) is 0 Å². The number of rotatable bonds is 4. The van der Waals surface area contributed by atoms with Gasteiger partial charge in [-0.25, -0.2) is 0 Å². The topological polar surface area (TPSA) is 24.9 Å².